The lowest BCUT2D eigenvalue weighted by molar-refractivity contribution is -0.124. The van der Waals surface area contributed by atoms with Crippen LogP contribution in [0.2, 0.25) is 0 Å². The Morgan fingerprint density at radius 3 is 2.71 bits per heavy atom. The van der Waals surface area contributed by atoms with E-state index in [2.05, 4.69) is 10.3 Å². The molecule has 0 spiro atoms. The Morgan fingerprint density at radius 1 is 1.33 bits per heavy atom. The van der Waals surface area contributed by atoms with E-state index in [1.165, 1.54) is 14.2 Å². The smallest absolute Gasteiger partial charge is 0.352 e. The Hall–Kier alpha value is -2.54. The van der Waals surface area contributed by atoms with E-state index in [0.29, 0.717) is 22.2 Å². The van der Waals surface area contributed by atoms with Crippen LogP contribution < -0.4 is 10.1 Å². The van der Waals surface area contributed by atoms with Gasteiger partial charge in [0.25, 0.3) is 0 Å². The second-order valence-corrected chi connectivity index (χ2v) is 4.40. The summed E-state index contributed by atoms with van der Waals surface area (Å²) in [4.78, 5) is 25.6. The van der Waals surface area contributed by atoms with Crippen LogP contribution in [0.3, 0.4) is 0 Å². The number of H-pyrrole nitrogens is 1. The summed E-state index contributed by atoms with van der Waals surface area (Å²) in [5, 5.41) is 12.6. The molecular weight excluding hydrogens is 276 g/mol. The van der Waals surface area contributed by atoms with Gasteiger partial charge in [-0.25, -0.2) is 4.79 Å². The number of carbonyl (C=O) groups is 2. The number of rotatable bonds is 6. The molecule has 0 bridgehead atoms. The predicted octanol–water partition coefficient (Wildman–Crippen LogP) is 1.14. The molecule has 7 nitrogen and oxygen atoms in total. The average Bonchev–Trinajstić information content (AvgIpc) is 2.83. The number of carboxylic acids is 1. The van der Waals surface area contributed by atoms with Crippen LogP contribution in [0.25, 0.3) is 10.9 Å². The summed E-state index contributed by atoms with van der Waals surface area (Å²) in [6.07, 6.45) is 0. The van der Waals surface area contributed by atoms with Crippen LogP contribution in [0.4, 0.5) is 0 Å². The van der Waals surface area contributed by atoms with Crippen LogP contribution >= 0.6 is 0 Å². The van der Waals surface area contributed by atoms with Gasteiger partial charge in [0.1, 0.15) is 18.1 Å². The van der Waals surface area contributed by atoms with Crippen molar-refractivity contribution in [3.8, 4) is 5.75 Å². The van der Waals surface area contributed by atoms with Gasteiger partial charge < -0.3 is 24.9 Å². The summed E-state index contributed by atoms with van der Waals surface area (Å²) in [6, 6.07) is 5.20. The van der Waals surface area contributed by atoms with E-state index < -0.39 is 5.97 Å². The topological polar surface area (TPSA) is 101 Å². The molecule has 0 fully saturated rings. The molecule has 0 saturated carbocycles. The van der Waals surface area contributed by atoms with Gasteiger partial charge in [-0.15, -0.1) is 0 Å². The minimum Gasteiger partial charge on any atom is -0.497 e. The maximum absolute atomic E-state index is 11.5. The van der Waals surface area contributed by atoms with Gasteiger partial charge in [-0.2, -0.15) is 0 Å². The zero-order chi connectivity index (χ0) is 15.4. The monoisotopic (exact) mass is 292 g/mol. The van der Waals surface area contributed by atoms with E-state index in [1.807, 2.05) is 0 Å². The highest BCUT2D eigenvalue weighted by molar-refractivity contribution is 5.98. The highest BCUT2D eigenvalue weighted by atomic mass is 16.5. The van der Waals surface area contributed by atoms with Crippen molar-refractivity contribution in [1.82, 2.24) is 10.3 Å². The number of ether oxygens (including phenoxy) is 2. The van der Waals surface area contributed by atoms with Gasteiger partial charge in [-0.3, -0.25) is 4.79 Å². The number of nitrogens with one attached hydrogen (secondary N) is 2. The maximum Gasteiger partial charge on any atom is 0.352 e. The van der Waals surface area contributed by atoms with Gasteiger partial charge in [0.2, 0.25) is 5.91 Å². The predicted molar refractivity (Wildman–Crippen MR) is 75.5 cm³/mol. The maximum atomic E-state index is 11.5. The Bertz CT molecular complexity index is 677. The van der Waals surface area contributed by atoms with Gasteiger partial charge in [0, 0.05) is 30.1 Å². The van der Waals surface area contributed by atoms with Crippen molar-refractivity contribution in [2.24, 2.45) is 0 Å². The number of hydrogen-bond donors (Lipinski definition) is 3. The third-order valence-corrected chi connectivity index (χ3v) is 3.06. The van der Waals surface area contributed by atoms with E-state index in [0.717, 1.165) is 0 Å². The molecule has 2 rings (SSSR count). The highest BCUT2D eigenvalue weighted by Crippen LogP contribution is 2.26. The Morgan fingerprint density at radius 2 is 2.10 bits per heavy atom. The van der Waals surface area contributed by atoms with Crippen molar-refractivity contribution < 1.29 is 24.2 Å². The summed E-state index contributed by atoms with van der Waals surface area (Å²) in [6.45, 7) is 0.0189. The number of hydrogen-bond acceptors (Lipinski definition) is 4. The Balaban J connectivity index is 2.39. The highest BCUT2D eigenvalue weighted by Gasteiger charge is 2.18. The minimum atomic E-state index is -1.08. The molecule has 7 heteroatoms. The van der Waals surface area contributed by atoms with Crippen molar-refractivity contribution in [2.45, 2.75) is 6.54 Å². The molecule has 0 atom stereocenters. The van der Waals surface area contributed by atoms with Gasteiger partial charge >= 0.3 is 5.97 Å². The molecular formula is C14H16N2O5. The molecule has 112 valence electrons. The summed E-state index contributed by atoms with van der Waals surface area (Å²) in [5.41, 5.74) is 1.22. The molecule has 1 amide bonds. The number of methoxy groups -OCH3 is 2. The largest absolute Gasteiger partial charge is 0.497 e. The fourth-order valence-corrected chi connectivity index (χ4v) is 2.09. The molecule has 0 aliphatic heterocycles. The lowest BCUT2D eigenvalue weighted by Gasteiger charge is -2.05. The van der Waals surface area contributed by atoms with Crippen LogP contribution in [0.5, 0.6) is 5.75 Å². The van der Waals surface area contributed by atoms with E-state index in [1.54, 1.807) is 18.2 Å². The zero-order valence-electron chi connectivity index (χ0n) is 11.7. The van der Waals surface area contributed by atoms with Crippen LogP contribution in [-0.2, 0) is 16.1 Å². The molecule has 0 saturated heterocycles. The summed E-state index contributed by atoms with van der Waals surface area (Å²) in [7, 11) is 2.95. The van der Waals surface area contributed by atoms with Gasteiger partial charge in [0.15, 0.2) is 0 Å². The molecule has 3 N–H and O–H groups in total. The molecule has 0 aliphatic carbocycles. The SMILES string of the molecule is COCC(=O)NCc1c(C(=O)O)[nH]c2ccc(OC)cc12. The van der Waals surface area contributed by atoms with Crippen LogP contribution in [0, 0.1) is 0 Å². The number of carbonyl (C=O) groups excluding carboxylic acids is 1. The van der Waals surface area contributed by atoms with Crippen molar-refractivity contribution in [3.63, 3.8) is 0 Å². The standard InChI is InChI=1S/C14H16N2O5/c1-20-7-12(17)15-6-10-9-5-8(21-2)3-4-11(9)16-13(10)14(18)19/h3-5,16H,6-7H2,1-2H3,(H,15,17)(H,18,19). The fraction of sp³-hybridized carbons (Fsp3) is 0.286. The molecule has 0 unspecified atom stereocenters. The van der Waals surface area contributed by atoms with Crippen molar-refractivity contribution >= 4 is 22.8 Å². The molecule has 1 aromatic heterocycles. The van der Waals surface area contributed by atoms with E-state index >= 15 is 0 Å². The molecule has 0 radical (unpaired) electrons. The number of fused-ring (bicyclic) bond motifs is 1. The van der Waals surface area contributed by atoms with Gasteiger partial charge in [-0.1, -0.05) is 0 Å². The molecule has 21 heavy (non-hydrogen) atoms. The molecule has 2 aromatic rings. The number of carboxylic acid groups (broad SMARTS) is 1. The summed E-state index contributed by atoms with van der Waals surface area (Å²) < 4.78 is 9.86. The van der Waals surface area contributed by atoms with Gasteiger partial charge in [0.05, 0.1) is 7.11 Å². The Kier molecular flexibility index (Phi) is 4.44. The number of aromatic amines is 1. The Labute approximate surface area is 120 Å². The number of aromatic nitrogens is 1. The van der Waals surface area contributed by atoms with Gasteiger partial charge in [-0.05, 0) is 18.2 Å². The van der Waals surface area contributed by atoms with E-state index in [9.17, 15) is 14.7 Å². The fourth-order valence-electron chi connectivity index (χ4n) is 2.09. The first kappa shape index (κ1) is 14.9. The van der Waals surface area contributed by atoms with Crippen molar-refractivity contribution in [1.29, 1.82) is 0 Å². The third-order valence-electron chi connectivity index (χ3n) is 3.06. The summed E-state index contributed by atoms with van der Waals surface area (Å²) in [5.74, 6) is -0.782. The molecule has 0 aliphatic rings. The quantitative estimate of drug-likeness (QED) is 0.741. The first-order valence-electron chi connectivity index (χ1n) is 6.24. The van der Waals surface area contributed by atoms with Crippen molar-refractivity contribution in [3.05, 3.63) is 29.5 Å². The normalized spacial score (nSPS) is 10.6. The molecule has 1 aromatic carbocycles. The zero-order valence-corrected chi connectivity index (χ0v) is 11.7. The summed E-state index contributed by atoms with van der Waals surface area (Å²) >= 11 is 0. The first-order chi connectivity index (χ1) is 10.1. The second kappa shape index (κ2) is 6.27. The number of aromatic carboxylic acids is 1. The molecule has 1 heterocycles. The number of amides is 1. The van der Waals surface area contributed by atoms with Crippen LogP contribution in [0.1, 0.15) is 16.1 Å². The second-order valence-electron chi connectivity index (χ2n) is 4.40. The third kappa shape index (κ3) is 3.14. The van der Waals surface area contributed by atoms with Crippen LogP contribution in [-0.4, -0.2) is 42.8 Å². The average molecular weight is 292 g/mol. The van der Waals surface area contributed by atoms with E-state index in [-0.39, 0.29) is 24.8 Å². The first-order valence-corrected chi connectivity index (χ1v) is 6.24. The minimum absolute atomic E-state index is 0.0518. The van der Waals surface area contributed by atoms with Crippen LogP contribution in [0.15, 0.2) is 18.2 Å². The lowest BCUT2D eigenvalue weighted by atomic mass is 10.1. The number of benzene rings is 1. The van der Waals surface area contributed by atoms with E-state index in [4.69, 9.17) is 9.47 Å². The lowest BCUT2D eigenvalue weighted by Crippen LogP contribution is -2.27. The van der Waals surface area contributed by atoms with Crippen molar-refractivity contribution in [2.75, 3.05) is 20.8 Å².